The SMILES string of the molecule is BrC(Br)(Br)Br.BrCCCCCOCc1ccccc1.OCCCCCOCc1ccccc1. The van der Waals surface area contributed by atoms with Crippen LogP contribution in [0.3, 0.4) is 0 Å². The monoisotopic (exact) mass is 778 g/mol. The van der Waals surface area contributed by atoms with Crippen molar-refractivity contribution in [2.24, 2.45) is 0 Å². The first kappa shape index (κ1) is 33.7. The lowest BCUT2D eigenvalue weighted by molar-refractivity contribution is 0.115. The standard InChI is InChI=1S/C12H17BrO.C12H18O2.CBr4/c2*13-9-5-2-6-10-14-11-12-7-3-1-4-8-12;2-1(3,4)5/h1,3-4,7-8H,2,5-6,9-11H2;1,3-4,7-8,13H,2,5-6,9-11H2;. The molecule has 0 aliphatic rings. The van der Waals surface area contributed by atoms with Crippen molar-refractivity contribution in [1.82, 2.24) is 0 Å². The van der Waals surface area contributed by atoms with Crippen molar-refractivity contribution in [2.75, 3.05) is 25.2 Å². The molecule has 0 saturated heterocycles. The third-order valence-electron chi connectivity index (χ3n) is 4.09. The fraction of sp³-hybridized carbons (Fsp3) is 0.520. The lowest BCUT2D eigenvalue weighted by Crippen LogP contribution is -1.96. The highest BCUT2D eigenvalue weighted by atomic mass is 80.0. The molecule has 0 aliphatic heterocycles. The van der Waals surface area contributed by atoms with Gasteiger partial charge in [-0.15, -0.1) is 0 Å². The average molecular weight is 783 g/mol. The van der Waals surface area contributed by atoms with Crippen molar-refractivity contribution in [3.8, 4) is 0 Å². The molecule has 0 amide bonds. The minimum absolute atomic E-state index is 0.250. The van der Waals surface area contributed by atoms with Gasteiger partial charge in [-0.05, 0) is 107 Å². The minimum Gasteiger partial charge on any atom is -0.396 e. The number of hydrogen-bond acceptors (Lipinski definition) is 3. The zero-order valence-electron chi connectivity index (χ0n) is 18.9. The molecule has 2 aromatic carbocycles. The van der Waals surface area contributed by atoms with Crippen molar-refractivity contribution < 1.29 is 14.6 Å². The normalized spacial score (nSPS) is 10.6. The number of unbranched alkanes of at least 4 members (excludes halogenated alkanes) is 4. The molecule has 0 atom stereocenters. The fourth-order valence-electron chi connectivity index (χ4n) is 2.50. The summed E-state index contributed by atoms with van der Waals surface area (Å²) in [6, 6.07) is 20.5. The number of rotatable bonds is 14. The molecule has 2 aromatic rings. The largest absolute Gasteiger partial charge is 0.396 e. The summed E-state index contributed by atoms with van der Waals surface area (Å²) in [6.07, 6.45) is 6.63. The summed E-state index contributed by atoms with van der Waals surface area (Å²) >= 11 is 15.9. The fourth-order valence-corrected chi connectivity index (χ4v) is 2.89. The predicted molar refractivity (Wildman–Crippen MR) is 159 cm³/mol. The van der Waals surface area contributed by atoms with Gasteiger partial charge in [0.15, 0.2) is 1.05 Å². The quantitative estimate of drug-likeness (QED) is 0.154. The molecule has 0 aliphatic carbocycles. The van der Waals surface area contributed by atoms with E-state index in [1.165, 1.54) is 30.4 Å². The van der Waals surface area contributed by atoms with Crippen molar-refractivity contribution in [1.29, 1.82) is 0 Å². The first-order valence-corrected chi connectivity index (χ1v) is 15.3. The van der Waals surface area contributed by atoms with Gasteiger partial charge in [0.2, 0.25) is 0 Å². The van der Waals surface area contributed by atoms with Gasteiger partial charge in [0.25, 0.3) is 0 Å². The van der Waals surface area contributed by atoms with Crippen LogP contribution < -0.4 is 0 Å². The number of alkyl halides is 5. The molecular weight excluding hydrogens is 748 g/mol. The summed E-state index contributed by atoms with van der Waals surface area (Å²) in [4.78, 5) is 0. The molecule has 0 fully saturated rings. The van der Waals surface area contributed by atoms with Gasteiger partial charge < -0.3 is 14.6 Å². The number of aliphatic hydroxyl groups excluding tert-OH is 1. The highest BCUT2D eigenvalue weighted by Crippen LogP contribution is 2.39. The van der Waals surface area contributed by atoms with E-state index in [1.54, 1.807) is 0 Å². The highest BCUT2D eigenvalue weighted by molar-refractivity contribution is 9.52. The number of ether oxygens (including phenoxy) is 2. The number of benzene rings is 2. The van der Waals surface area contributed by atoms with Gasteiger partial charge in [0.05, 0.1) is 13.2 Å². The Morgan fingerprint density at radius 1 is 0.606 bits per heavy atom. The molecule has 0 aromatic heterocycles. The van der Waals surface area contributed by atoms with Gasteiger partial charge in [-0.2, -0.15) is 0 Å². The van der Waals surface area contributed by atoms with Gasteiger partial charge in [-0.3, -0.25) is 0 Å². The maximum absolute atomic E-state index is 8.56. The Morgan fingerprint density at radius 2 is 1.00 bits per heavy atom. The van der Waals surface area contributed by atoms with E-state index in [2.05, 4.69) is 104 Å². The molecule has 0 radical (unpaired) electrons. The van der Waals surface area contributed by atoms with E-state index in [0.29, 0.717) is 13.2 Å². The number of halogens is 5. The third kappa shape index (κ3) is 28.8. The van der Waals surface area contributed by atoms with Crippen molar-refractivity contribution in [3.63, 3.8) is 0 Å². The van der Waals surface area contributed by atoms with Crippen molar-refractivity contribution >= 4 is 79.6 Å². The smallest absolute Gasteiger partial charge is 0.189 e. The Bertz CT molecular complexity index is 582. The van der Waals surface area contributed by atoms with E-state index >= 15 is 0 Å². The second-order valence-electron chi connectivity index (χ2n) is 7.04. The molecule has 2 rings (SSSR count). The van der Waals surface area contributed by atoms with Crippen LogP contribution in [0.15, 0.2) is 60.7 Å². The number of hydrogen-bond donors (Lipinski definition) is 1. The van der Waals surface area contributed by atoms with Crippen LogP contribution in [0, 0.1) is 0 Å². The summed E-state index contributed by atoms with van der Waals surface area (Å²) < 4.78 is 10.8. The van der Waals surface area contributed by atoms with Crippen LogP contribution in [0.5, 0.6) is 0 Å². The summed E-state index contributed by atoms with van der Waals surface area (Å²) in [7, 11) is 0. The molecule has 0 saturated carbocycles. The minimum atomic E-state index is -0.250. The molecule has 0 heterocycles. The zero-order valence-corrected chi connectivity index (χ0v) is 26.8. The molecule has 3 nitrogen and oxygen atoms in total. The summed E-state index contributed by atoms with van der Waals surface area (Å²) in [5.74, 6) is 0. The van der Waals surface area contributed by atoms with E-state index < -0.39 is 0 Å². The molecule has 8 heteroatoms. The molecule has 0 bridgehead atoms. The molecule has 0 spiro atoms. The van der Waals surface area contributed by atoms with E-state index in [4.69, 9.17) is 14.6 Å². The van der Waals surface area contributed by atoms with Crippen LogP contribution in [-0.4, -0.2) is 31.3 Å². The molecular formula is C25H35Br5O3. The van der Waals surface area contributed by atoms with E-state index in [0.717, 1.165) is 44.4 Å². The van der Waals surface area contributed by atoms with Crippen LogP contribution in [0.25, 0.3) is 0 Å². The predicted octanol–water partition coefficient (Wildman–Crippen LogP) is 9.31. The van der Waals surface area contributed by atoms with Crippen molar-refractivity contribution in [2.45, 2.75) is 52.8 Å². The van der Waals surface area contributed by atoms with Gasteiger partial charge in [0.1, 0.15) is 0 Å². The van der Waals surface area contributed by atoms with E-state index in [9.17, 15) is 0 Å². The summed E-state index contributed by atoms with van der Waals surface area (Å²) in [5, 5.41) is 9.66. The Hall–Kier alpha value is 0.720. The van der Waals surface area contributed by atoms with Crippen LogP contribution >= 0.6 is 79.6 Å². The molecule has 1 N–H and O–H groups in total. The number of aliphatic hydroxyl groups is 1. The molecule has 188 valence electrons. The van der Waals surface area contributed by atoms with E-state index in [-0.39, 0.29) is 1.05 Å². The van der Waals surface area contributed by atoms with Gasteiger partial charge in [-0.1, -0.05) is 83.0 Å². The third-order valence-corrected chi connectivity index (χ3v) is 4.65. The van der Waals surface area contributed by atoms with Gasteiger partial charge >= 0.3 is 0 Å². The van der Waals surface area contributed by atoms with Crippen molar-refractivity contribution in [3.05, 3.63) is 71.8 Å². The van der Waals surface area contributed by atoms with Gasteiger partial charge in [-0.25, -0.2) is 0 Å². The topological polar surface area (TPSA) is 38.7 Å². The highest BCUT2D eigenvalue weighted by Gasteiger charge is 2.08. The van der Waals surface area contributed by atoms with Crippen LogP contribution in [0.1, 0.15) is 49.7 Å². The van der Waals surface area contributed by atoms with Crippen LogP contribution in [0.4, 0.5) is 0 Å². The lowest BCUT2D eigenvalue weighted by atomic mass is 10.2. The first-order valence-electron chi connectivity index (χ1n) is 11.0. The molecule has 33 heavy (non-hydrogen) atoms. The lowest BCUT2D eigenvalue weighted by Gasteiger charge is -2.03. The van der Waals surface area contributed by atoms with Gasteiger partial charge in [0, 0.05) is 25.2 Å². The maximum atomic E-state index is 8.56. The molecule has 0 unspecified atom stereocenters. The average Bonchev–Trinajstić information content (AvgIpc) is 2.79. The zero-order chi connectivity index (χ0) is 24.6. The van der Waals surface area contributed by atoms with Crippen LogP contribution in [0.2, 0.25) is 0 Å². The summed E-state index contributed by atoms with van der Waals surface area (Å²) in [6.45, 7) is 3.39. The van der Waals surface area contributed by atoms with E-state index in [1.807, 2.05) is 36.4 Å². The summed E-state index contributed by atoms with van der Waals surface area (Å²) in [5.41, 5.74) is 2.47. The Labute approximate surface area is 242 Å². The Morgan fingerprint density at radius 3 is 1.36 bits per heavy atom. The second-order valence-corrected chi connectivity index (χ2v) is 19.0. The Kier molecular flexibility index (Phi) is 24.9. The van der Waals surface area contributed by atoms with Crippen LogP contribution in [-0.2, 0) is 22.7 Å². The first-order chi connectivity index (χ1) is 15.9. The maximum Gasteiger partial charge on any atom is 0.189 e. The Balaban J connectivity index is 0.000000517. The second kappa shape index (κ2) is 24.4.